The van der Waals surface area contributed by atoms with Crippen LogP contribution < -0.4 is 10.1 Å². The van der Waals surface area contributed by atoms with E-state index in [0.29, 0.717) is 19.0 Å². The van der Waals surface area contributed by atoms with E-state index in [1.807, 2.05) is 43.2 Å². The molecule has 4 aromatic heterocycles. The topological polar surface area (TPSA) is 82.7 Å². The smallest absolute Gasteiger partial charge is 0.222 e. The molecule has 0 radical (unpaired) electrons. The number of anilines is 1. The molecule has 8 heteroatoms. The molecule has 4 rings (SSSR count). The first-order chi connectivity index (χ1) is 15.5. The van der Waals surface area contributed by atoms with Crippen LogP contribution in [0.4, 0.5) is 5.69 Å². The predicted octanol–water partition coefficient (Wildman–Crippen LogP) is 4.91. The molecule has 0 bridgehead atoms. The van der Waals surface area contributed by atoms with E-state index in [1.165, 1.54) is 0 Å². The van der Waals surface area contributed by atoms with Crippen LogP contribution in [0.25, 0.3) is 22.3 Å². The third-order valence-corrected chi connectivity index (χ3v) is 5.54. The fraction of sp³-hybridized carbons (Fsp3) is 0.417. The van der Waals surface area contributed by atoms with Crippen LogP contribution in [-0.2, 0) is 13.6 Å². The minimum atomic E-state index is 0.260. The third-order valence-electron chi connectivity index (χ3n) is 5.54. The maximum Gasteiger partial charge on any atom is 0.222 e. The average Bonchev–Trinajstić information content (AvgIpc) is 3.38. The molecule has 0 aliphatic carbocycles. The lowest BCUT2D eigenvalue weighted by molar-refractivity contribution is 0.306. The molecule has 0 aliphatic rings. The molecular weight excluding hydrogens is 402 g/mol. The molecule has 1 N–H and O–H groups in total. The number of ether oxygens (including phenoxy) is 1. The lowest BCUT2D eigenvalue weighted by atomic mass is 10.1. The molecule has 0 aliphatic heterocycles. The Balaban J connectivity index is 1.84. The van der Waals surface area contributed by atoms with Crippen molar-refractivity contribution in [1.29, 1.82) is 0 Å². The van der Waals surface area contributed by atoms with E-state index in [9.17, 15) is 0 Å². The molecule has 8 nitrogen and oxygen atoms in total. The summed E-state index contributed by atoms with van der Waals surface area (Å²) in [4.78, 5) is 13.9. The van der Waals surface area contributed by atoms with Crippen LogP contribution in [0.2, 0.25) is 0 Å². The number of imidazole rings is 1. The first-order valence-corrected chi connectivity index (χ1v) is 11.2. The monoisotopic (exact) mass is 433 g/mol. The van der Waals surface area contributed by atoms with Crippen LogP contribution in [0.1, 0.15) is 51.0 Å². The van der Waals surface area contributed by atoms with Crippen LogP contribution in [0.5, 0.6) is 5.88 Å². The average molecular weight is 434 g/mol. The molecule has 0 saturated carbocycles. The number of aromatic nitrogens is 6. The molecule has 168 valence electrons. The van der Waals surface area contributed by atoms with Gasteiger partial charge < -0.3 is 14.6 Å². The molecule has 1 unspecified atom stereocenters. The first-order valence-electron chi connectivity index (χ1n) is 11.2. The SMILES string of the molecule is CCCOc1ncccc1-c1cc(NCc2cn(C)cn2)c2c(n1)c(C)nn2C(C)CC. The predicted molar refractivity (Wildman–Crippen MR) is 127 cm³/mol. The van der Waals surface area contributed by atoms with E-state index in [0.717, 1.165) is 52.2 Å². The minimum Gasteiger partial charge on any atom is -0.477 e. The Hall–Kier alpha value is -3.42. The molecule has 0 amide bonds. The molecule has 4 heterocycles. The van der Waals surface area contributed by atoms with Gasteiger partial charge in [0, 0.05) is 25.5 Å². The zero-order valence-corrected chi connectivity index (χ0v) is 19.5. The Morgan fingerprint density at radius 1 is 1.22 bits per heavy atom. The van der Waals surface area contributed by atoms with Crippen molar-refractivity contribution in [2.75, 3.05) is 11.9 Å². The number of hydrogen-bond donors (Lipinski definition) is 1. The van der Waals surface area contributed by atoms with Crippen molar-refractivity contribution in [2.24, 2.45) is 7.05 Å². The Morgan fingerprint density at radius 3 is 2.78 bits per heavy atom. The lowest BCUT2D eigenvalue weighted by Crippen LogP contribution is -2.09. The van der Waals surface area contributed by atoms with E-state index in [2.05, 4.69) is 46.8 Å². The van der Waals surface area contributed by atoms with Gasteiger partial charge in [0.15, 0.2) is 0 Å². The minimum absolute atomic E-state index is 0.260. The van der Waals surface area contributed by atoms with Gasteiger partial charge in [-0.15, -0.1) is 0 Å². The molecule has 0 saturated heterocycles. The first kappa shape index (κ1) is 21.8. The van der Waals surface area contributed by atoms with Crippen molar-refractivity contribution in [2.45, 2.75) is 53.1 Å². The summed E-state index contributed by atoms with van der Waals surface area (Å²) in [5.74, 6) is 0.601. The highest BCUT2D eigenvalue weighted by molar-refractivity contribution is 5.93. The standard InChI is InChI=1S/C24H31N7O/c1-6-11-32-24-19(9-8-10-25-24)20-12-21(26-13-18-14-30(5)15-27-18)23-22(28-20)17(4)29-31(23)16(3)7-2/h8-10,12,14-16H,6-7,11,13H2,1-5H3,(H,26,28). The van der Waals surface area contributed by atoms with Crippen LogP contribution in [0.15, 0.2) is 36.9 Å². The summed E-state index contributed by atoms with van der Waals surface area (Å²) in [7, 11) is 1.97. The van der Waals surface area contributed by atoms with Gasteiger partial charge in [-0.3, -0.25) is 4.68 Å². The Kier molecular flexibility index (Phi) is 6.39. The second kappa shape index (κ2) is 9.38. The normalized spacial score (nSPS) is 12.3. The quantitative estimate of drug-likeness (QED) is 0.404. The largest absolute Gasteiger partial charge is 0.477 e. The second-order valence-electron chi connectivity index (χ2n) is 8.13. The Bertz CT molecular complexity index is 1210. The second-order valence-corrected chi connectivity index (χ2v) is 8.13. The van der Waals surface area contributed by atoms with Gasteiger partial charge in [-0.05, 0) is 44.9 Å². The summed E-state index contributed by atoms with van der Waals surface area (Å²) in [6.07, 6.45) is 7.47. The number of pyridine rings is 2. The summed E-state index contributed by atoms with van der Waals surface area (Å²) < 4.78 is 9.94. The van der Waals surface area contributed by atoms with Gasteiger partial charge in [-0.25, -0.2) is 15.0 Å². The molecule has 0 fully saturated rings. The van der Waals surface area contributed by atoms with Crippen molar-refractivity contribution in [3.63, 3.8) is 0 Å². The third kappa shape index (κ3) is 4.30. The number of aryl methyl sites for hydroxylation is 2. The summed E-state index contributed by atoms with van der Waals surface area (Å²) in [6.45, 7) is 9.67. The summed E-state index contributed by atoms with van der Waals surface area (Å²) >= 11 is 0. The lowest BCUT2D eigenvalue weighted by Gasteiger charge is -2.16. The van der Waals surface area contributed by atoms with Gasteiger partial charge in [0.2, 0.25) is 5.88 Å². The molecule has 4 aromatic rings. The van der Waals surface area contributed by atoms with Gasteiger partial charge in [-0.1, -0.05) is 13.8 Å². The fourth-order valence-electron chi connectivity index (χ4n) is 3.69. The molecule has 0 spiro atoms. The Morgan fingerprint density at radius 2 is 2.06 bits per heavy atom. The maximum absolute atomic E-state index is 5.91. The Labute approximate surface area is 188 Å². The fourth-order valence-corrected chi connectivity index (χ4v) is 3.69. The van der Waals surface area contributed by atoms with E-state index < -0.39 is 0 Å². The van der Waals surface area contributed by atoms with Crippen molar-refractivity contribution in [1.82, 2.24) is 29.3 Å². The summed E-state index contributed by atoms with van der Waals surface area (Å²) in [6, 6.07) is 6.25. The van der Waals surface area contributed by atoms with Crippen molar-refractivity contribution in [3.8, 4) is 17.1 Å². The van der Waals surface area contributed by atoms with Crippen molar-refractivity contribution in [3.05, 3.63) is 48.3 Å². The molecule has 1 atom stereocenters. The van der Waals surface area contributed by atoms with Gasteiger partial charge in [-0.2, -0.15) is 5.10 Å². The van der Waals surface area contributed by atoms with Crippen LogP contribution in [0, 0.1) is 6.92 Å². The van der Waals surface area contributed by atoms with Crippen molar-refractivity contribution < 1.29 is 4.74 Å². The van der Waals surface area contributed by atoms with E-state index in [1.54, 1.807) is 6.20 Å². The van der Waals surface area contributed by atoms with Crippen LogP contribution in [0.3, 0.4) is 0 Å². The maximum atomic E-state index is 5.91. The molecule has 32 heavy (non-hydrogen) atoms. The molecular formula is C24H31N7O. The highest BCUT2D eigenvalue weighted by Gasteiger charge is 2.20. The van der Waals surface area contributed by atoms with Crippen LogP contribution >= 0.6 is 0 Å². The summed E-state index contributed by atoms with van der Waals surface area (Å²) in [5, 5.41) is 8.42. The van der Waals surface area contributed by atoms with E-state index >= 15 is 0 Å². The zero-order valence-electron chi connectivity index (χ0n) is 19.5. The molecule has 0 aromatic carbocycles. The van der Waals surface area contributed by atoms with Gasteiger partial charge in [0.1, 0.15) is 11.0 Å². The van der Waals surface area contributed by atoms with Crippen molar-refractivity contribution >= 4 is 16.7 Å². The van der Waals surface area contributed by atoms with Gasteiger partial charge >= 0.3 is 0 Å². The number of nitrogens with one attached hydrogen (secondary N) is 1. The highest BCUT2D eigenvalue weighted by Crippen LogP contribution is 2.35. The summed E-state index contributed by atoms with van der Waals surface area (Å²) in [5.41, 5.74) is 6.43. The zero-order chi connectivity index (χ0) is 22.7. The number of nitrogens with zero attached hydrogens (tertiary/aromatic N) is 6. The van der Waals surface area contributed by atoms with E-state index in [-0.39, 0.29) is 6.04 Å². The van der Waals surface area contributed by atoms with E-state index in [4.69, 9.17) is 14.8 Å². The van der Waals surface area contributed by atoms with Crippen LogP contribution in [-0.4, -0.2) is 35.9 Å². The van der Waals surface area contributed by atoms with Gasteiger partial charge in [0.25, 0.3) is 0 Å². The number of fused-ring (bicyclic) bond motifs is 1. The number of hydrogen-bond acceptors (Lipinski definition) is 6. The number of rotatable bonds is 9. The van der Waals surface area contributed by atoms with Gasteiger partial charge in [0.05, 0.1) is 47.8 Å². The highest BCUT2D eigenvalue weighted by atomic mass is 16.5.